The van der Waals surface area contributed by atoms with Crippen LogP contribution in [0, 0.1) is 5.41 Å². The second-order valence-electron chi connectivity index (χ2n) is 6.13. The summed E-state index contributed by atoms with van der Waals surface area (Å²) in [6.45, 7) is 5.85. The van der Waals surface area contributed by atoms with Gasteiger partial charge in [-0.3, -0.25) is 0 Å². The van der Waals surface area contributed by atoms with Gasteiger partial charge >= 0.3 is 12.0 Å². The van der Waals surface area contributed by atoms with E-state index in [-0.39, 0.29) is 0 Å². The number of carbonyl (C=O) groups is 2. The first kappa shape index (κ1) is 17.0. The molecular formula is C16H24N2O3. The van der Waals surface area contributed by atoms with Crippen LogP contribution in [0.25, 0.3) is 0 Å². The lowest BCUT2D eigenvalue weighted by atomic mass is 9.87. The largest absolute Gasteiger partial charge is 0.480 e. The van der Waals surface area contributed by atoms with E-state index in [0.29, 0.717) is 6.54 Å². The maximum atomic E-state index is 11.7. The number of carboxylic acid groups (broad SMARTS) is 1. The first-order valence-electron chi connectivity index (χ1n) is 7.12. The Bertz CT molecular complexity index is 466. The number of nitrogens with one attached hydrogen (secondary N) is 2. The Morgan fingerprint density at radius 3 is 2.33 bits per heavy atom. The van der Waals surface area contributed by atoms with Crippen LogP contribution in [0.5, 0.6) is 0 Å². The summed E-state index contributed by atoms with van der Waals surface area (Å²) in [4.78, 5) is 22.9. The third-order valence-corrected chi connectivity index (χ3v) is 3.16. The molecule has 0 aliphatic rings. The molecule has 5 heteroatoms. The predicted molar refractivity (Wildman–Crippen MR) is 82.2 cm³/mol. The van der Waals surface area contributed by atoms with E-state index < -0.39 is 23.5 Å². The van der Waals surface area contributed by atoms with Crippen LogP contribution in [-0.2, 0) is 11.2 Å². The smallest absolute Gasteiger partial charge is 0.326 e. The van der Waals surface area contributed by atoms with E-state index in [9.17, 15) is 9.59 Å². The van der Waals surface area contributed by atoms with Crippen molar-refractivity contribution in [3.63, 3.8) is 0 Å². The van der Waals surface area contributed by atoms with Gasteiger partial charge in [0.05, 0.1) is 0 Å². The van der Waals surface area contributed by atoms with Gasteiger partial charge in [-0.1, -0.05) is 51.1 Å². The normalized spacial score (nSPS) is 12.5. The van der Waals surface area contributed by atoms with Crippen molar-refractivity contribution >= 4 is 12.0 Å². The minimum atomic E-state index is -1.03. The number of rotatable bonds is 6. The maximum absolute atomic E-state index is 11.7. The fourth-order valence-corrected chi connectivity index (χ4v) is 1.97. The van der Waals surface area contributed by atoms with E-state index in [4.69, 9.17) is 5.11 Å². The van der Waals surface area contributed by atoms with Crippen LogP contribution in [0.4, 0.5) is 4.79 Å². The average molecular weight is 292 g/mol. The summed E-state index contributed by atoms with van der Waals surface area (Å²) in [7, 11) is 0. The quantitative estimate of drug-likeness (QED) is 0.705. The van der Waals surface area contributed by atoms with Crippen molar-refractivity contribution in [1.29, 1.82) is 0 Å². The van der Waals surface area contributed by atoms with E-state index in [0.717, 1.165) is 12.8 Å². The van der Waals surface area contributed by atoms with Crippen LogP contribution in [0.2, 0.25) is 0 Å². The number of aryl methyl sites for hydroxylation is 1. The summed E-state index contributed by atoms with van der Waals surface area (Å²) in [5.41, 5.74) is 0.686. The number of carboxylic acids is 1. The molecule has 0 aliphatic heterocycles. The molecule has 1 rings (SSSR count). The molecule has 1 aromatic rings. The Morgan fingerprint density at radius 1 is 1.19 bits per heavy atom. The SMILES string of the molecule is CC(C)(C)C(NC(=O)NCCCc1ccccc1)C(=O)O. The predicted octanol–water partition coefficient (Wildman–Crippen LogP) is 2.42. The van der Waals surface area contributed by atoms with E-state index in [1.807, 2.05) is 30.3 Å². The van der Waals surface area contributed by atoms with Crippen LogP contribution in [0.15, 0.2) is 30.3 Å². The lowest BCUT2D eigenvalue weighted by Crippen LogP contribution is -2.52. The van der Waals surface area contributed by atoms with Crippen LogP contribution < -0.4 is 10.6 Å². The highest BCUT2D eigenvalue weighted by molar-refractivity contribution is 5.83. The summed E-state index contributed by atoms with van der Waals surface area (Å²) in [6.07, 6.45) is 1.69. The number of amides is 2. The van der Waals surface area contributed by atoms with Crippen LogP contribution in [-0.4, -0.2) is 29.7 Å². The average Bonchev–Trinajstić information content (AvgIpc) is 2.40. The Balaban J connectivity index is 2.32. The number of aliphatic carboxylic acids is 1. The van der Waals surface area contributed by atoms with E-state index in [1.165, 1.54) is 5.56 Å². The molecule has 116 valence electrons. The second kappa shape index (κ2) is 7.67. The Morgan fingerprint density at radius 2 is 1.81 bits per heavy atom. The molecule has 0 fully saturated rings. The van der Waals surface area contributed by atoms with Gasteiger partial charge in [-0.05, 0) is 23.8 Å². The van der Waals surface area contributed by atoms with Gasteiger partial charge < -0.3 is 15.7 Å². The van der Waals surface area contributed by atoms with Gasteiger partial charge in [-0.25, -0.2) is 9.59 Å². The van der Waals surface area contributed by atoms with Crippen molar-refractivity contribution in [2.24, 2.45) is 5.41 Å². The highest BCUT2D eigenvalue weighted by atomic mass is 16.4. The summed E-state index contributed by atoms with van der Waals surface area (Å²) < 4.78 is 0. The number of benzene rings is 1. The van der Waals surface area contributed by atoms with E-state index >= 15 is 0 Å². The van der Waals surface area contributed by atoms with Gasteiger partial charge in [-0.15, -0.1) is 0 Å². The molecule has 3 N–H and O–H groups in total. The molecule has 0 aromatic heterocycles. The second-order valence-corrected chi connectivity index (χ2v) is 6.13. The van der Waals surface area contributed by atoms with Gasteiger partial charge in [0.2, 0.25) is 0 Å². The van der Waals surface area contributed by atoms with E-state index in [2.05, 4.69) is 10.6 Å². The fourth-order valence-electron chi connectivity index (χ4n) is 1.97. The fraction of sp³-hybridized carbons (Fsp3) is 0.500. The molecule has 0 aliphatic carbocycles. The molecule has 0 spiro atoms. The van der Waals surface area contributed by atoms with Crippen molar-refractivity contribution in [1.82, 2.24) is 10.6 Å². The number of hydrogen-bond acceptors (Lipinski definition) is 2. The molecule has 21 heavy (non-hydrogen) atoms. The first-order chi connectivity index (χ1) is 9.80. The monoisotopic (exact) mass is 292 g/mol. The van der Waals surface area contributed by atoms with Crippen LogP contribution in [0.1, 0.15) is 32.8 Å². The topological polar surface area (TPSA) is 78.4 Å². The third-order valence-electron chi connectivity index (χ3n) is 3.16. The van der Waals surface area contributed by atoms with Gasteiger partial charge in [0.25, 0.3) is 0 Å². The molecule has 0 heterocycles. The zero-order chi connectivity index (χ0) is 15.9. The van der Waals surface area contributed by atoms with E-state index in [1.54, 1.807) is 20.8 Å². The van der Waals surface area contributed by atoms with Crippen molar-refractivity contribution in [3.8, 4) is 0 Å². The van der Waals surface area contributed by atoms with Crippen LogP contribution >= 0.6 is 0 Å². The molecule has 1 unspecified atom stereocenters. The Labute approximate surface area is 125 Å². The standard InChI is InChI=1S/C16H24N2O3/c1-16(2,3)13(14(19)20)18-15(21)17-11-7-10-12-8-5-4-6-9-12/h4-6,8-9,13H,7,10-11H2,1-3H3,(H,19,20)(H2,17,18,21). The van der Waals surface area contributed by atoms with Crippen molar-refractivity contribution in [2.75, 3.05) is 6.54 Å². The lowest BCUT2D eigenvalue weighted by molar-refractivity contribution is -0.141. The van der Waals surface area contributed by atoms with Crippen molar-refractivity contribution < 1.29 is 14.7 Å². The summed E-state index contributed by atoms with van der Waals surface area (Å²) in [5, 5.41) is 14.3. The molecule has 0 bridgehead atoms. The molecule has 1 atom stereocenters. The molecule has 0 saturated heterocycles. The van der Waals surface area contributed by atoms with Gasteiger partial charge in [-0.2, -0.15) is 0 Å². The summed E-state index contributed by atoms with van der Waals surface area (Å²) in [6, 6.07) is 8.66. The molecular weight excluding hydrogens is 268 g/mol. The highest BCUT2D eigenvalue weighted by Gasteiger charge is 2.32. The zero-order valence-corrected chi connectivity index (χ0v) is 12.8. The number of carbonyl (C=O) groups excluding carboxylic acids is 1. The third kappa shape index (κ3) is 6.29. The van der Waals surface area contributed by atoms with Crippen molar-refractivity contribution in [3.05, 3.63) is 35.9 Å². The lowest BCUT2D eigenvalue weighted by Gasteiger charge is -2.27. The number of urea groups is 1. The van der Waals surface area contributed by atoms with Crippen molar-refractivity contribution in [2.45, 2.75) is 39.7 Å². The minimum absolute atomic E-state index is 0.439. The number of hydrogen-bond donors (Lipinski definition) is 3. The van der Waals surface area contributed by atoms with Gasteiger partial charge in [0.1, 0.15) is 6.04 Å². The Kier molecular flexibility index (Phi) is 6.21. The molecule has 5 nitrogen and oxygen atoms in total. The highest BCUT2D eigenvalue weighted by Crippen LogP contribution is 2.19. The molecule has 1 aromatic carbocycles. The zero-order valence-electron chi connectivity index (χ0n) is 12.8. The molecule has 2 amide bonds. The van der Waals surface area contributed by atoms with Gasteiger partial charge in [0, 0.05) is 6.54 Å². The van der Waals surface area contributed by atoms with Gasteiger partial charge in [0.15, 0.2) is 0 Å². The first-order valence-corrected chi connectivity index (χ1v) is 7.12. The van der Waals surface area contributed by atoms with Crippen LogP contribution in [0.3, 0.4) is 0 Å². The Hall–Kier alpha value is -2.04. The maximum Gasteiger partial charge on any atom is 0.326 e. The molecule has 0 radical (unpaired) electrons. The minimum Gasteiger partial charge on any atom is -0.480 e. The summed E-state index contributed by atoms with van der Waals surface area (Å²) in [5.74, 6) is -1.03. The molecule has 0 saturated carbocycles. The summed E-state index contributed by atoms with van der Waals surface area (Å²) >= 11 is 0.